The Hall–Kier alpha value is -3.41. The second-order valence-corrected chi connectivity index (χ2v) is 9.61. The monoisotopic (exact) mass is 516 g/mol. The Labute approximate surface area is 198 Å². The van der Waals surface area contributed by atoms with E-state index in [1.807, 2.05) is 0 Å². The van der Waals surface area contributed by atoms with Gasteiger partial charge in [0, 0.05) is 5.56 Å². The van der Waals surface area contributed by atoms with Crippen LogP contribution in [0.4, 0.5) is 27.6 Å². The summed E-state index contributed by atoms with van der Waals surface area (Å²) in [5.41, 5.74) is -1.12. The van der Waals surface area contributed by atoms with Gasteiger partial charge in [-0.25, -0.2) is 17.2 Å². The highest BCUT2D eigenvalue weighted by molar-refractivity contribution is 7.92. The standard InChI is InChI=1S/C23H21F5N2O4S/c1-4-13-7-15(9-16(8-13)23(26,27)28)19-5-6-20(34-19)22(31)29-12(2)14-10-17(24)21(18(25)11-14)30-35(3,32)33/h5-12,30H,4H2,1-3H3,(H,29,31)/t12-/m1/s1. The van der Waals surface area contributed by atoms with Gasteiger partial charge in [0.15, 0.2) is 17.4 Å². The van der Waals surface area contributed by atoms with Crippen molar-refractivity contribution < 1.29 is 39.6 Å². The van der Waals surface area contributed by atoms with Crippen molar-refractivity contribution in [1.82, 2.24) is 5.32 Å². The first-order chi connectivity index (χ1) is 16.2. The lowest BCUT2D eigenvalue weighted by Crippen LogP contribution is -2.26. The summed E-state index contributed by atoms with van der Waals surface area (Å²) in [6.07, 6.45) is -3.46. The molecule has 0 saturated heterocycles. The maximum absolute atomic E-state index is 14.3. The molecule has 1 amide bonds. The first kappa shape index (κ1) is 26.2. The Kier molecular flexibility index (Phi) is 7.25. The van der Waals surface area contributed by atoms with Crippen molar-refractivity contribution in [3.8, 4) is 11.3 Å². The molecule has 3 aromatic rings. The van der Waals surface area contributed by atoms with E-state index in [2.05, 4.69) is 5.32 Å². The highest BCUT2D eigenvalue weighted by atomic mass is 32.2. The number of halogens is 5. The minimum absolute atomic E-state index is 0.00430. The highest BCUT2D eigenvalue weighted by Crippen LogP contribution is 2.34. The molecule has 0 aliphatic carbocycles. The molecule has 1 atom stereocenters. The molecule has 6 nitrogen and oxygen atoms in total. The number of sulfonamides is 1. The van der Waals surface area contributed by atoms with Crippen molar-refractivity contribution in [2.75, 3.05) is 11.0 Å². The Morgan fingerprint density at radius 3 is 2.23 bits per heavy atom. The van der Waals surface area contributed by atoms with Crippen molar-refractivity contribution in [1.29, 1.82) is 0 Å². The summed E-state index contributed by atoms with van der Waals surface area (Å²) < 4.78 is 97.9. The molecule has 188 valence electrons. The van der Waals surface area contributed by atoms with E-state index in [1.165, 1.54) is 25.1 Å². The molecular weight excluding hydrogens is 495 g/mol. The Bertz CT molecular complexity index is 1340. The molecule has 1 aromatic heterocycles. The van der Waals surface area contributed by atoms with Gasteiger partial charge in [-0.3, -0.25) is 9.52 Å². The van der Waals surface area contributed by atoms with Gasteiger partial charge < -0.3 is 9.73 Å². The fourth-order valence-corrected chi connectivity index (χ4v) is 3.86. The van der Waals surface area contributed by atoms with E-state index < -0.39 is 51.0 Å². The van der Waals surface area contributed by atoms with Crippen LogP contribution in [-0.4, -0.2) is 20.6 Å². The third kappa shape index (κ3) is 6.38. The van der Waals surface area contributed by atoms with Crippen molar-refractivity contribution >= 4 is 21.6 Å². The summed E-state index contributed by atoms with van der Waals surface area (Å²) in [7, 11) is -3.92. The zero-order valence-electron chi connectivity index (χ0n) is 18.8. The molecule has 0 aliphatic heterocycles. The number of carbonyl (C=O) groups excluding carboxylic acids is 1. The van der Waals surface area contributed by atoms with Crippen LogP contribution in [0, 0.1) is 11.6 Å². The van der Waals surface area contributed by atoms with E-state index in [4.69, 9.17) is 4.42 Å². The number of hydrogen-bond donors (Lipinski definition) is 2. The van der Waals surface area contributed by atoms with Gasteiger partial charge in [-0.2, -0.15) is 13.2 Å². The molecule has 1 heterocycles. The quantitative estimate of drug-likeness (QED) is 0.396. The third-order valence-electron chi connectivity index (χ3n) is 5.04. The Morgan fingerprint density at radius 2 is 1.69 bits per heavy atom. The molecule has 2 N–H and O–H groups in total. The van der Waals surface area contributed by atoms with Gasteiger partial charge in [-0.1, -0.05) is 6.92 Å². The van der Waals surface area contributed by atoms with E-state index in [0.717, 1.165) is 30.5 Å². The second-order valence-electron chi connectivity index (χ2n) is 7.86. The lowest BCUT2D eigenvalue weighted by atomic mass is 10.0. The van der Waals surface area contributed by atoms with E-state index in [-0.39, 0.29) is 22.6 Å². The number of carbonyl (C=O) groups is 1. The van der Waals surface area contributed by atoms with Gasteiger partial charge in [0.1, 0.15) is 11.4 Å². The van der Waals surface area contributed by atoms with Crippen molar-refractivity contribution in [2.24, 2.45) is 0 Å². The number of amides is 1. The van der Waals surface area contributed by atoms with Gasteiger partial charge in [0.05, 0.1) is 17.9 Å². The predicted molar refractivity (Wildman–Crippen MR) is 119 cm³/mol. The van der Waals surface area contributed by atoms with Crippen LogP contribution < -0.4 is 10.0 Å². The van der Waals surface area contributed by atoms with Crippen molar-refractivity contribution in [2.45, 2.75) is 32.5 Å². The molecule has 12 heteroatoms. The third-order valence-corrected chi connectivity index (χ3v) is 5.62. The molecular formula is C23H21F5N2O4S. The predicted octanol–water partition coefficient (Wildman–Crippen LogP) is 5.67. The van der Waals surface area contributed by atoms with E-state index in [0.29, 0.717) is 12.0 Å². The molecule has 0 saturated carbocycles. The van der Waals surface area contributed by atoms with Gasteiger partial charge in [-0.15, -0.1) is 0 Å². The summed E-state index contributed by atoms with van der Waals surface area (Å²) in [5, 5.41) is 2.47. The van der Waals surface area contributed by atoms with Gasteiger partial charge in [-0.05, 0) is 66.9 Å². The molecule has 35 heavy (non-hydrogen) atoms. The van der Waals surface area contributed by atoms with E-state index in [1.54, 1.807) is 11.6 Å². The van der Waals surface area contributed by atoms with Gasteiger partial charge in [0.25, 0.3) is 5.91 Å². The van der Waals surface area contributed by atoms with Crippen LogP contribution in [-0.2, 0) is 22.6 Å². The van der Waals surface area contributed by atoms with E-state index in [9.17, 15) is 35.2 Å². The topological polar surface area (TPSA) is 88.4 Å². The maximum atomic E-state index is 14.3. The maximum Gasteiger partial charge on any atom is 0.416 e. The van der Waals surface area contributed by atoms with Crippen LogP contribution in [0.25, 0.3) is 11.3 Å². The van der Waals surface area contributed by atoms with Crippen LogP contribution >= 0.6 is 0 Å². The number of benzene rings is 2. The fraction of sp³-hybridized carbons (Fsp3) is 0.261. The molecule has 3 rings (SSSR count). The van der Waals surface area contributed by atoms with E-state index >= 15 is 0 Å². The summed E-state index contributed by atoms with van der Waals surface area (Å²) in [4.78, 5) is 12.6. The first-order valence-electron chi connectivity index (χ1n) is 10.3. The van der Waals surface area contributed by atoms with Gasteiger partial charge in [0.2, 0.25) is 10.0 Å². The summed E-state index contributed by atoms with van der Waals surface area (Å²) in [6.45, 7) is 3.14. The average Bonchev–Trinajstić information content (AvgIpc) is 3.25. The number of alkyl halides is 3. The lowest BCUT2D eigenvalue weighted by molar-refractivity contribution is -0.137. The number of furan rings is 1. The molecule has 0 unspecified atom stereocenters. The first-order valence-corrected chi connectivity index (χ1v) is 12.2. The Morgan fingerprint density at radius 1 is 1.06 bits per heavy atom. The summed E-state index contributed by atoms with van der Waals surface area (Å²) in [6, 6.07) is 6.90. The zero-order chi connectivity index (χ0) is 26.1. The highest BCUT2D eigenvalue weighted by Gasteiger charge is 2.31. The molecule has 0 fully saturated rings. The van der Waals surface area contributed by atoms with Crippen LogP contribution in [0.15, 0.2) is 46.9 Å². The molecule has 0 bridgehead atoms. The van der Waals surface area contributed by atoms with Crippen molar-refractivity contribution in [3.63, 3.8) is 0 Å². The number of nitrogens with one attached hydrogen (secondary N) is 2. The van der Waals surface area contributed by atoms with Crippen molar-refractivity contribution in [3.05, 3.63) is 76.5 Å². The second kappa shape index (κ2) is 9.68. The zero-order valence-corrected chi connectivity index (χ0v) is 19.6. The Balaban J connectivity index is 1.81. The minimum Gasteiger partial charge on any atom is -0.451 e. The number of anilines is 1. The summed E-state index contributed by atoms with van der Waals surface area (Å²) in [5.74, 6) is -3.31. The van der Waals surface area contributed by atoms with Crippen LogP contribution in [0.3, 0.4) is 0 Å². The van der Waals surface area contributed by atoms with Crippen LogP contribution in [0.1, 0.15) is 47.1 Å². The van der Waals surface area contributed by atoms with Crippen LogP contribution in [0.2, 0.25) is 0 Å². The number of hydrogen-bond acceptors (Lipinski definition) is 4. The van der Waals surface area contributed by atoms with Crippen LogP contribution in [0.5, 0.6) is 0 Å². The molecule has 0 aliphatic rings. The number of rotatable bonds is 7. The fourth-order valence-electron chi connectivity index (χ4n) is 3.29. The molecule has 0 radical (unpaired) electrons. The summed E-state index contributed by atoms with van der Waals surface area (Å²) >= 11 is 0. The lowest BCUT2D eigenvalue weighted by Gasteiger charge is -2.15. The van der Waals surface area contributed by atoms with Gasteiger partial charge >= 0.3 is 6.18 Å². The molecule has 2 aromatic carbocycles. The normalized spacial score (nSPS) is 12.9. The SMILES string of the molecule is CCc1cc(-c2ccc(C(=O)N[C@H](C)c3cc(F)c(NS(C)(=O)=O)c(F)c3)o2)cc(C(F)(F)F)c1. The largest absolute Gasteiger partial charge is 0.451 e. The number of aryl methyl sites for hydroxylation is 1. The smallest absolute Gasteiger partial charge is 0.416 e. The average molecular weight is 516 g/mol. The minimum atomic E-state index is -4.56. The molecule has 0 spiro atoms.